The standard InChI is InChI=1S/C14H27NO2/c1-11(5-6-13(16)17)15-9-7-12(8-10-15)14(2,3)4/h11-12H,5-10H2,1-4H3,(H,16,17). The summed E-state index contributed by atoms with van der Waals surface area (Å²) in [7, 11) is 0. The molecular weight excluding hydrogens is 214 g/mol. The maximum absolute atomic E-state index is 10.6. The van der Waals surface area contributed by atoms with Gasteiger partial charge in [-0.25, -0.2) is 0 Å². The van der Waals surface area contributed by atoms with Gasteiger partial charge in [0.05, 0.1) is 0 Å². The maximum atomic E-state index is 10.6. The monoisotopic (exact) mass is 241 g/mol. The first kappa shape index (κ1) is 14.5. The molecule has 1 aliphatic rings. The molecule has 0 aromatic carbocycles. The zero-order valence-electron chi connectivity index (χ0n) is 11.7. The fourth-order valence-electron chi connectivity index (χ4n) is 2.72. The van der Waals surface area contributed by atoms with E-state index < -0.39 is 5.97 Å². The van der Waals surface area contributed by atoms with Crippen molar-refractivity contribution in [1.82, 2.24) is 4.90 Å². The number of nitrogens with zero attached hydrogens (tertiary/aromatic N) is 1. The molecule has 1 aliphatic heterocycles. The second-order valence-corrected chi connectivity index (χ2v) is 6.46. The van der Waals surface area contributed by atoms with Crippen LogP contribution in [0.3, 0.4) is 0 Å². The summed E-state index contributed by atoms with van der Waals surface area (Å²) >= 11 is 0. The lowest BCUT2D eigenvalue weighted by atomic mass is 9.75. The van der Waals surface area contributed by atoms with Crippen molar-refractivity contribution >= 4 is 5.97 Å². The fourth-order valence-corrected chi connectivity index (χ4v) is 2.72. The van der Waals surface area contributed by atoms with Crippen LogP contribution in [0.5, 0.6) is 0 Å². The van der Waals surface area contributed by atoms with Crippen LogP contribution in [-0.4, -0.2) is 35.1 Å². The van der Waals surface area contributed by atoms with E-state index in [1.54, 1.807) is 0 Å². The number of likely N-dealkylation sites (tertiary alicyclic amines) is 1. The van der Waals surface area contributed by atoms with E-state index in [1.165, 1.54) is 12.8 Å². The molecule has 0 spiro atoms. The molecule has 0 bridgehead atoms. The second kappa shape index (κ2) is 5.85. The van der Waals surface area contributed by atoms with Gasteiger partial charge in [-0.1, -0.05) is 20.8 Å². The Labute approximate surface area is 105 Å². The van der Waals surface area contributed by atoms with Gasteiger partial charge in [0.25, 0.3) is 0 Å². The quantitative estimate of drug-likeness (QED) is 0.822. The number of carbonyl (C=O) groups is 1. The first-order chi connectivity index (χ1) is 7.80. The third-order valence-corrected chi connectivity index (χ3v) is 4.15. The first-order valence-corrected chi connectivity index (χ1v) is 6.76. The SMILES string of the molecule is CC(CCC(=O)O)N1CCC(C(C)(C)C)CC1. The number of hydrogen-bond acceptors (Lipinski definition) is 2. The Morgan fingerprint density at radius 3 is 2.29 bits per heavy atom. The molecular formula is C14H27NO2. The number of rotatable bonds is 4. The maximum Gasteiger partial charge on any atom is 0.303 e. The Bertz CT molecular complexity index is 249. The highest BCUT2D eigenvalue weighted by atomic mass is 16.4. The Balaban J connectivity index is 2.33. The largest absolute Gasteiger partial charge is 0.481 e. The van der Waals surface area contributed by atoms with Gasteiger partial charge in [0.2, 0.25) is 0 Å². The molecule has 0 aromatic rings. The van der Waals surface area contributed by atoms with E-state index in [4.69, 9.17) is 5.11 Å². The zero-order chi connectivity index (χ0) is 13.1. The van der Waals surface area contributed by atoms with Gasteiger partial charge in [0.15, 0.2) is 0 Å². The van der Waals surface area contributed by atoms with Crippen molar-refractivity contribution in [2.45, 2.75) is 59.4 Å². The minimum Gasteiger partial charge on any atom is -0.481 e. The summed E-state index contributed by atoms with van der Waals surface area (Å²) in [5.74, 6) is 0.131. The average Bonchev–Trinajstić information content (AvgIpc) is 2.25. The van der Waals surface area contributed by atoms with Crippen LogP contribution in [0.1, 0.15) is 53.4 Å². The number of hydrogen-bond donors (Lipinski definition) is 1. The fraction of sp³-hybridized carbons (Fsp3) is 0.929. The average molecular weight is 241 g/mol. The van der Waals surface area contributed by atoms with Gasteiger partial charge in [-0.05, 0) is 50.6 Å². The van der Waals surface area contributed by atoms with Crippen molar-refractivity contribution in [2.75, 3.05) is 13.1 Å². The normalized spacial score (nSPS) is 21.4. The van der Waals surface area contributed by atoms with Crippen molar-refractivity contribution in [1.29, 1.82) is 0 Å². The molecule has 1 N–H and O–H groups in total. The molecule has 1 heterocycles. The molecule has 0 aromatic heterocycles. The Kier molecular flexibility index (Phi) is 4.99. The van der Waals surface area contributed by atoms with E-state index >= 15 is 0 Å². The predicted molar refractivity (Wildman–Crippen MR) is 70.1 cm³/mol. The van der Waals surface area contributed by atoms with Crippen LogP contribution in [-0.2, 0) is 4.79 Å². The molecule has 0 saturated carbocycles. The molecule has 3 nitrogen and oxygen atoms in total. The van der Waals surface area contributed by atoms with Crippen LogP contribution in [0.4, 0.5) is 0 Å². The minimum absolute atomic E-state index is 0.292. The highest BCUT2D eigenvalue weighted by Crippen LogP contribution is 2.34. The minimum atomic E-state index is -0.679. The van der Waals surface area contributed by atoms with Gasteiger partial charge in [-0.2, -0.15) is 0 Å². The molecule has 1 atom stereocenters. The summed E-state index contributed by atoms with van der Waals surface area (Å²) in [4.78, 5) is 13.0. The van der Waals surface area contributed by atoms with E-state index in [-0.39, 0.29) is 0 Å². The zero-order valence-corrected chi connectivity index (χ0v) is 11.7. The van der Waals surface area contributed by atoms with E-state index in [9.17, 15) is 4.79 Å². The molecule has 100 valence electrons. The van der Waals surface area contributed by atoms with Crippen molar-refractivity contribution < 1.29 is 9.90 Å². The van der Waals surface area contributed by atoms with E-state index in [1.807, 2.05) is 0 Å². The van der Waals surface area contributed by atoms with Gasteiger partial charge in [-0.3, -0.25) is 4.79 Å². The molecule has 17 heavy (non-hydrogen) atoms. The van der Waals surface area contributed by atoms with E-state index in [2.05, 4.69) is 32.6 Å². The summed E-state index contributed by atoms with van der Waals surface area (Å²) in [5.41, 5.74) is 0.413. The molecule has 0 aliphatic carbocycles. The summed E-state index contributed by atoms with van der Waals surface area (Å²) < 4.78 is 0. The Hall–Kier alpha value is -0.570. The van der Waals surface area contributed by atoms with Gasteiger partial charge in [0, 0.05) is 12.5 Å². The highest BCUT2D eigenvalue weighted by Gasteiger charge is 2.30. The second-order valence-electron chi connectivity index (χ2n) is 6.46. The summed E-state index contributed by atoms with van der Waals surface area (Å²) in [6.07, 6.45) is 3.57. The molecule has 0 amide bonds. The molecule has 1 rings (SSSR count). The summed E-state index contributed by atoms with van der Waals surface area (Å²) in [6, 6.07) is 0.409. The number of aliphatic carboxylic acids is 1. The van der Waals surface area contributed by atoms with Crippen LogP contribution in [0.25, 0.3) is 0 Å². The third kappa shape index (κ3) is 4.66. The van der Waals surface area contributed by atoms with Crippen LogP contribution in [0.2, 0.25) is 0 Å². The van der Waals surface area contributed by atoms with Crippen molar-refractivity contribution in [3.05, 3.63) is 0 Å². The molecule has 1 fully saturated rings. The smallest absolute Gasteiger partial charge is 0.303 e. The lowest BCUT2D eigenvalue weighted by Crippen LogP contribution is -2.42. The van der Waals surface area contributed by atoms with Crippen LogP contribution in [0.15, 0.2) is 0 Å². The predicted octanol–water partition coefficient (Wildman–Crippen LogP) is 3.00. The lowest BCUT2D eigenvalue weighted by molar-refractivity contribution is -0.137. The van der Waals surface area contributed by atoms with Gasteiger partial charge in [0.1, 0.15) is 0 Å². The van der Waals surface area contributed by atoms with Gasteiger partial charge >= 0.3 is 5.97 Å². The van der Waals surface area contributed by atoms with Crippen LogP contribution < -0.4 is 0 Å². The summed E-state index contributed by atoms with van der Waals surface area (Å²) in [6.45, 7) is 11.4. The van der Waals surface area contributed by atoms with Crippen LogP contribution in [0, 0.1) is 11.3 Å². The molecule has 3 heteroatoms. The number of carboxylic acid groups (broad SMARTS) is 1. The van der Waals surface area contributed by atoms with E-state index in [0.717, 1.165) is 25.4 Å². The van der Waals surface area contributed by atoms with Crippen molar-refractivity contribution in [3.63, 3.8) is 0 Å². The third-order valence-electron chi connectivity index (χ3n) is 4.15. The Morgan fingerprint density at radius 2 is 1.88 bits per heavy atom. The first-order valence-electron chi connectivity index (χ1n) is 6.76. The molecule has 1 unspecified atom stereocenters. The van der Waals surface area contributed by atoms with Gasteiger partial charge < -0.3 is 10.0 Å². The number of carboxylic acids is 1. The lowest BCUT2D eigenvalue weighted by Gasteiger charge is -2.41. The molecule has 1 saturated heterocycles. The van der Waals surface area contributed by atoms with Gasteiger partial charge in [-0.15, -0.1) is 0 Å². The van der Waals surface area contributed by atoms with E-state index in [0.29, 0.717) is 17.9 Å². The Morgan fingerprint density at radius 1 is 1.35 bits per heavy atom. The van der Waals surface area contributed by atoms with Crippen LogP contribution >= 0.6 is 0 Å². The molecule has 0 radical (unpaired) electrons. The van der Waals surface area contributed by atoms with Crippen molar-refractivity contribution in [3.8, 4) is 0 Å². The topological polar surface area (TPSA) is 40.5 Å². The van der Waals surface area contributed by atoms with Crippen molar-refractivity contribution in [2.24, 2.45) is 11.3 Å². The highest BCUT2D eigenvalue weighted by molar-refractivity contribution is 5.66. The summed E-state index contributed by atoms with van der Waals surface area (Å²) in [5, 5.41) is 8.69. The number of piperidine rings is 1.